The van der Waals surface area contributed by atoms with Gasteiger partial charge in [0.1, 0.15) is 5.82 Å². The highest BCUT2D eigenvalue weighted by Crippen LogP contribution is 2.36. The molecule has 0 aromatic heterocycles. The SMILES string of the molecule is O=C(Nc1ccc(Cl)c(C(F)(F)F)c1)C1CCN(Cc2ccc(F)cc2)CC1. The molecule has 1 saturated heterocycles. The zero-order chi connectivity index (χ0) is 20.3. The number of benzene rings is 2. The maximum atomic E-state index is 13.0. The van der Waals surface area contributed by atoms with Crippen LogP contribution in [0.15, 0.2) is 42.5 Å². The van der Waals surface area contributed by atoms with Crippen LogP contribution in [0.3, 0.4) is 0 Å². The molecule has 150 valence electrons. The van der Waals surface area contributed by atoms with Crippen molar-refractivity contribution in [1.29, 1.82) is 0 Å². The number of nitrogens with zero attached hydrogens (tertiary/aromatic N) is 1. The molecule has 1 amide bonds. The van der Waals surface area contributed by atoms with Gasteiger partial charge in [-0.2, -0.15) is 13.2 Å². The van der Waals surface area contributed by atoms with E-state index in [1.165, 1.54) is 18.2 Å². The third kappa shape index (κ3) is 5.23. The van der Waals surface area contributed by atoms with Crippen LogP contribution in [-0.4, -0.2) is 23.9 Å². The third-order valence-corrected chi connectivity index (χ3v) is 5.15. The fourth-order valence-electron chi connectivity index (χ4n) is 3.27. The lowest BCUT2D eigenvalue weighted by molar-refractivity contribution is -0.137. The van der Waals surface area contributed by atoms with E-state index in [0.717, 1.165) is 17.7 Å². The van der Waals surface area contributed by atoms with E-state index in [9.17, 15) is 22.4 Å². The van der Waals surface area contributed by atoms with E-state index in [4.69, 9.17) is 11.6 Å². The zero-order valence-corrected chi connectivity index (χ0v) is 15.7. The van der Waals surface area contributed by atoms with Gasteiger partial charge in [-0.05, 0) is 61.8 Å². The van der Waals surface area contributed by atoms with Crippen LogP contribution in [0.25, 0.3) is 0 Å². The van der Waals surface area contributed by atoms with Crippen LogP contribution in [0.5, 0.6) is 0 Å². The van der Waals surface area contributed by atoms with Crippen molar-refractivity contribution in [2.75, 3.05) is 18.4 Å². The van der Waals surface area contributed by atoms with Crippen LogP contribution in [0, 0.1) is 11.7 Å². The minimum absolute atomic E-state index is 0.0791. The van der Waals surface area contributed by atoms with E-state index in [0.29, 0.717) is 32.5 Å². The summed E-state index contributed by atoms with van der Waals surface area (Å²) in [5, 5.41) is 2.16. The van der Waals surface area contributed by atoms with Crippen molar-refractivity contribution in [2.45, 2.75) is 25.6 Å². The highest BCUT2D eigenvalue weighted by molar-refractivity contribution is 6.31. The molecule has 1 aliphatic rings. The number of anilines is 1. The Morgan fingerprint density at radius 2 is 1.75 bits per heavy atom. The lowest BCUT2D eigenvalue weighted by Gasteiger charge is -2.31. The van der Waals surface area contributed by atoms with Gasteiger partial charge in [0.2, 0.25) is 5.91 Å². The van der Waals surface area contributed by atoms with Gasteiger partial charge in [0.05, 0.1) is 10.6 Å². The molecule has 8 heteroatoms. The lowest BCUT2D eigenvalue weighted by atomic mass is 9.95. The van der Waals surface area contributed by atoms with E-state index in [1.807, 2.05) is 0 Å². The van der Waals surface area contributed by atoms with Crippen molar-refractivity contribution in [3.8, 4) is 0 Å². The largest absolute Gasteiger partial charge is 0.417 e. The topological polar surface area (TPSA) is 32.3 Å². The van der Waals surface area contributed by atoms with Crippen LogP contribution < -0.4 is 5.32 Å². The summed E-state index contributed by atoms with van der Waals surface area (Å²) in [6, 6.07) is 9.63. The maximum Gasteiger partial charge on any atom is 0.417 e. The highest BCUT2D eigenvalue weighted by atomic mass is 35.5. The fourth-order valence-corrected chi connectivity index (χ4v) is 3.49. The molecule has 3 nitrogen and oxygen atoms in total. The van der Waals surface area contributed by atoms with Crippen LogP contribution >= 0.6 is 11.6 Å². The van der Waals surface area contributed by atoms with Gasteiger partial charge in [0.15, 0.2) is 0 Å². The zero-order valence-electron chi connectivity index (χ0n) is 14.9. The molecular weight excluding hydrogens is 396 g/mol. The van der Waals surface area contributed by atoms with Crippen molar-refractivity contribution in [1.82, 2.24) is 4.90 Å². The maximum absolute atomic E-state index is 13.0. The van der Waals surface area contributed by atoms with Crippen molar-refractivity contribution in [3.63, 3.8) is 0 Å². The van der Waals surface area contributed by atoms with Crippen LogP contribution in [0.2, 0.25) is 5.02 Å². The van der Waals surface area contributed by atoms with E-state index in [1.54, 1.807) is 12.1 Å². The number of hydrogen-bond donors (Lipinski definition) is 1. The smallest absolute Gasteiger partial charge is 0.326 e. The molecule has 0 atom stereocenters. The number of carbonyl (C=O) groups is 1. The number of rotatable bonds is 4. The Morgan fingerprint density at radius 1 is 1.11 bits per heavy atom. The van der Waals surface area contributed by atoms with Gasteiger partial charge in [-0.25, -0.2) is 4.39 Å². The summed E-state index contributed by atoms with van der Waals surface area (Å²) in [5.41, 5.74) is 0.0988. The Bertz CT molecular complexity index is 831. The number of nitrogens with one attached hydrogen (secondary N) is 1. The minimum Gasteiger partial charge on any atom is -0.326 e. The minimum atomic E-state index is -4.58. The molecule has 2 aromatic rings. The number of amides is 1. The van der Waals surface area contributed by atoms with Gasteiger partial charge in [-0.15, -0.1) is 0 Å². The van der Waals surface area contributed by atoms with Gasteiger partial charge < -0.3 is 5.32 Å². The second-order valence-corrected chi connectivity index (χ2v) is 7.27. The molecule has 28 heavy (non-hydrogen) atoms. The molecule has 1 heterocycles. The van der Waals surface area contributed by atoms with Crippen LogP contribution in [-0.2, 0) is 17.5 Å². The number of alkyl halides is 3. The Morgan fingerprint density at radius 3 is 2.36 bits per heavy atom. The summed E-state index contributed by atoms with van der Waals surface area (Å²) >= 11 is 5.60. The number of hydrogen-bond acceptors (Lipinski definition) is 2. The molecular formula is C20H19ClF4N2O. The summed E-state index contributed by atoms with van der Waals surface area (Å²) in [5.74, 6) is -0.846. The first-order valence-electron chi connectivity index (χ1n) is 8.87. The lowest BCUT2D eigenvalue weighted by Crippen LogP contribution is -2.37. The quantitative estimate of drug-likeness (QED) is 0.684. The molecule has 1 N–H and O–H groups in total. The van der Waals surface area contributed by atoms with Gasteiger partial charge in [0, 0.05) is 18.2 Å². The number of carbonyl (C=O) groups excluding carboxylic acids is 1. The average Bonchev–Trinajstić information content (AvgIpc) is 2.65. The van der Waals surface area contributed by atoms with Crippen molar-refractivity contribution in [3.05, 3.63) is 64.4 Å². The molecule has 1 fully saturated rings. The number of piperidine rings is 1. The third-order valence-electron chi connectivity index (χ3n) is 4.82. The molecule has 0 bridgehead atoms. The summed E-state index contributed by atoms with van der Waals surface area (Å²) in [6.07, 6.45) is -3.37. The van der Waals surface area contributed by atoms with Crippen molar-refractivity contribution < 1.29 is 22.4 Å². The molecule has 0 spiro atoms. The fraction of sp³-hybridized carbons (Fsp3) is 0.350. The standard InChI is InChI=1S/C20H19ClF4N2O/c21-18-6-5-16(11-17(18)20(23,24)25)26-19(28)14-7-9-27(10-8-14)12-13-1-3-15(22)4-2-13/h1-6,11,14H,7-10,12H2,(H,26,28). The second kappa shape index (κ2) is 8.49. The number of halogens is 5. The van der Waals surface area contributed by atoms with Gasteiger partial charge in [0.25, 0.3) is 0 Å². The Balaban J connectivity index is 1.55. The van der Waals surface area contributed by atoms with Crippen molar-refractivity contribution >= 4 is 23.2 Å². The molecule has 3 rings (SSSR count). The summed E-state index contributed by atoms with van der Waals surface area (Å²) < 4.78 is 51.8. The first-order valence-corrected chi connectivity index (χ1v) is 9.24. The highest BCUT2D eigenvalue weighted by Gasteiger charge is 2.33. The van der Waals surface area contributed by atoms with Gasteiger partial charge in [-0.3, -0.25) is 9.69 Å². The van der Waals surface area contributed by atoms with Crippen LogP contribution in [0.1, 0.15) is 24.0 Å². The molecule has 0 aliphatic carbocycles. The Hall–Kier alpha value is -2.12. The van der Waals surface area contributed by atoms with E-state index in [2.05, 4.69) is 10.2 Å². The molecule has 0 saturated carbocycles. The summed E-state index contributed by atoms with van der Waals surface area (Å²) in [4.78, 5) is 14.6. The normalized spacial score (nSPS) is 16.2. The van der Waals surface area contributed by atoms with Crippen LogP contribution in [0.4, 0.5) is 23.2 Å². The van der Waals surface area contributed by atoms with Gasteiger partial charge >= 0.3 is 6.18 Å². The summed E-state index contributed by atoms with van der Waals surface area (Å²) in [7, 11) is 0. The predicted molar refractivity (Wildman–Crippen MR) is 99.5 cm³/mol. The van der Waals surface area contributed by atoms with Gasteiger partial charge in [-0.1, -0.05) is 23.7 Å². The monoisotopic (exact) mass is 414 g/mol. The molecule has 2 aromatic carbocycles. The average molecular weight is 415 g/mol. The molecule has 0 unspecified atom stereocenters. The summed E-state index contributed by atoms with van der Waals surface area (Å²) in [6.45, 7) is 2.04. The molecule has 1 aliphatic heterocycles. The first-order chi connectivity index (χ1) is 13.2. The Labute approximate surface area is 165 Å². The van der Waals surface area contributed by atoms with E-state index >= 15 is 0 Å². The molecule has 0 radical (unpaired) electrons. The first kappa shape index (κ1) is 20.6. The second-order valence-electron chi connectivity index (χ2n) is 6.86. The van der Waals surface area contributed by atoms with E-state index < -0.39 is 16.8 Å². The Kier molecular flexibility index (Phi) is 6.25. The van der Waals surface area contributed by atoms with Crippen molar-refractivity contribution in [2.24, 2.45) is 5.92 Å². The van der Waals surface area contributed by atoms with E-state index in [-0.39, 0.29) is 23.3 Å². The predicted octanol–water partition coefficient (Wildman–Crippen LogP) is 5.35. The number of likely N-dealkylation sites (tertiary alicyclic amines) is 1.